The Morgan fingerprint density at radius 2 is 2.05 bits per heavy atom. The van der Waals surface area contributed by atoms with E-state index in [1.165, 1.54) is 10.6 Å². The van der Waals surface area contributed by atoms with Gasteiger partial charge in [-0.1, -0.05) is 55.1 Å². The van der Waals surface area contributed by atoms with Crippen molar-refractivity contribution >= 4 is 28.8 Å². The lowest BCUT2D eigenvalue weighted by Crippen LogP contribution is -1.99. The molecule has 0 bridgehead atoms. The van der Waals surface area contributed by atoms with Crippen LogP contribution >= 0.6 is 11.6 Å². The molecule has 0 aliphatic carbocycles. The molecule has 0 amide bonds. The van der Waals surface area contributed by atoms with E-state index in [4.69, 9.17) is 16.7 Å². The molecular formula is C15H12ClN3O2. The molecule has 6 heteroatoms. The van der Waals surface area contributed by atoms with E-state index in [0.29, 0.717) is 11.3 Å². The van der Waals surface area contributed by atoms with E-state index in [9.17, 15) is 4.79 Å². The minimum absolute atomic E-state index is 0.113. The van der Waals surface area contributed by atoms with Crippen molar-refractivity contribution in [3.05, 3.63) is 72.2 Å². The summed E-state index contributed by atoms with van der Waals surface area (Å²) in [5, 5.41) is 13.1. The molecule has 106 valence electrons. The fraction of sp³-hybridized carbons (Fsp3) is 0. The van der Waals surface area contributed by atoms with Crippen LogP contribution in [0.2, 0.25) is 5.15 Å². The third-order valence-corrected chi connectivity index (χ3v) is 2.88. The first-order valence-corrected chi connectivity index (χ1v) is 6.36. The Balaban J connectivity index is 2.62. The number of fused-ring (bicyclic) bond motifs is 1. The lowest BCUT2D eigenvalue weighted by Gasteiger charge is -2.03. The van der Waals surface area contributed by atoms with Gasteiger partial charge in [0, 0.05) is 17.7 Å². The number of carboxylic acids is 1. The van der Waals surface area contributed by atoms with Crippen molar-refractivity contribution in [1.82, 2.24) is 14.6 Å². The van der Waals surface area contributed by atoms with Crippen molar-refractivity contribution < 1.29 is 9.90 Å². The molecule has 0 radical (unpaired) electrons. The number of aromatic nitrogens is 3. The van der Waals surface area contributed by atoms with Gasteiger partial charge in [-0.05, 0) is 0 Å². The molecule has 0 unspecified atom stereocenters. The predicted octanol–water partition coefficient (Wildman–Crippen LogP) is 3.39. The second kappa shape index (κ2) is 6.19. The van der Waals surface area contributed by atoms with E-state index in [1.807, 2.05) is 0 Å². The minimum Gasteiger partial charge on any atom is -0.476 e. The Bertz CT molecular complexity index is 788. The molecule has 0 aliphatic rings. The number of carbonyl (C=O) groups is 1. The number of carboxylic acid groups (broad SMARTS) is 1. The summed E-state index contributed by atoms with van der Waals surface area (Å²) in [4.78, 5) is 15.3. The first kappa shape index (κ1) is 14.7. The fourth-order valence-corrected chi connectivity index (χ4v) is 1.94. The van der Waals surface area contributed by atoms with E-state index in [1.54, 1.807) is 36.4 Å². The van der Waals surface area contributed by atoms with Gasteiger partial charge in [-0.2, -0.15) is 5.10 Å². The molecule has 21 heavy (non-hydrogen) atoms. The van der Waals surface area contributed by atoms with Crippen molar-refractivity contribution in [2.24, 2.45) is 0 Å². The molecule has 2 heterocycles. The molecule has 0 spiro atoms. The van der Waals surface area contributed by atoms with Crippen LogP contribution in [0.3, 0.4) is 0 Å². The van der Waals surface area contributed by atoms with Crippen LogP contribution in [0.1, 0.15) is 16.2 Å². The zero-order valence-corrected chi connectivity index (χ0v) is 11.8. The van der Waals surface area contributed by atoms with E-state index in [0.717, 1.165) is 5.57 Å². The third kappa shape index (κ3) is 3.09. The number of rotatable bonds is 5. The highest BCUT2D eigenvalue weighted by Crippen LogP contribution is 2.21. The van der Waals surface area contributed by atoms with Crippen LogP contribution in [0.5, 0.6) is 0 Å². The highest BCUT2D eigenvalue weighted by molar-refractivity contribution is 6.29. The first-order valence-electron chi connectivity index (χ1n) is 5.98. The lowest BCUT2D eigenvalue weighted by molar-refractivity contribution is 0.0690. The van der Waals surface area contributed by atoms with Crippen LogP contribution in [0.4, 0.5) is 0 Å². The second-order valence-electron chi connectivity index (χ2n) is 4.02. The summed E-state index contributed by atoms with van der Waals surface area (Å²) in [6.45, 7) is 7.26. The van der Waals surface area contributed by atoms with Crippen LogP contribution in [-0.4, -0.2) is 25.7 Å². The normalized spacial score (nSPS) is 12.0. The van der Waals surface area contributed by atoms with Gasteiger partial charge in [0.25, 0.3) is 0 Å². The summed E-state index contributed by atoms with van der Waals surface area (Å²) in [6.07, 6.45) is 8.59. The van der Waals surface area contributed by atoms with Gasteiger partial charge >= 0.3 is 5.97 Å². The monoisotopic (exact) mass is 301 g/mol. The maximum atomic E-state index is 11.0. The Kier molecular flexibility index (Phi) is 4.35. The lowest BCUT2D eigenvalue weighted by atomic mass is 10.1. The van der Waals surface area contributed by atoms with E-state index < -0.39 is 5.97 Å². The van der Waals surface area contributed by atoms with Gasteiger partial charge in [0.2, 0.25) is 0 Å². The summed E-state index contributed by atoms with van der Waals surface area (Å²) in [5.41, 5.74) is 1.60. The molecular weight excluding hydrogens is 290 g/mol. The Labute approximate surface area is 126 Å². The van der Waals surface area contributed by atoms with Crippen LogP contribution in [0.25, 0.3) is 11.2 Å². The molecule has 0 aromatic carbocycles. The first-order chi connectivity index (χ1) is 10.1. The van der Waals surface area contributed by atoms with Gasteiger partial charge in [-0.25, -0.2) is 14.3 Å². The minimum atomic E-state index is -1.13. The number of nitrogens with zero attached hydrogens (tertiary/aromatic N) is 3. The average molecular weight is 302 g/mol. The van der Waals surface area contributed by atoms with Gasteiger partial charge in [0.15, 0.2) is 11.3 Å². The van der Waals surface area contributed by atoms with Gasteiger partial charge in [-0.3, -0.25) is 0 Å². The maximum absolute atomic E-state index is 11.0. The molecule has 1 N–H and O–H groups in total. The highest BCUT2D eigenvalue weighted by atomic mass is 35.5. The zero-order chi connectivity index (χ0) is 15.4. The average Bonchev–Trinajstić information content (AvgIpc) is 2.88. The van der Waals surface area contributed by atoms with Crippen LogP contribution in [-0.2, 0) is 0 Å². The Hall–Kier alpha value is -2.66. The molecule has 0 saturated carbocycles. The van der Waals surface area contributed by atoms with Crippen LogP contribution in [0, 0.1) is 0 Å². The molecule has 2 aromatic heterocycles. The standard InChI is InChI=1S/C15H12ClN3O2/c1-3-5-7-10(6-4-2)11-8-13(16)19-14(17-11)9-12(18-19)15(20)21/h3-9H,1-2H2,(H,20,21)/b7-5-,10-6+. The van der Waals surface area contributed by atoms with Crippen molar-refractivity contribution in [2.75, 3.05) is 0 Å². The van der Waals surface area contributed by atoms with Gasteiger partial charge in [0.05, 0.1) is 5.69 Å². The summed E-state index contributed by atoms with van der Waals surface area (Å²) < 4.78 is 1.28. The van der Waals surface area contributed by atoms with Crippen molar-refractivity contribution in [3.63, 3.8) is 0 Å². The van der Waals surface area contributed by atoms with Gasteiger partial charge < -0.3 is 5.11 Å². The zero-order valence-electron chi connectivity index (χ0n) is 11.0. The topological polar surface area (TPSA) is 67.5 Å². The van der Waals surface area contributed by atoms with Crippen LogP contribution < -0.4 is 0 Å². The molecule has 0 atom stereocenters. The molecule has 5 nitrogen and oxygen atoms in total. The molecule has 0 aliphatic heterocycles. The van der Waals surface area contributed by atoms with Gasteiger partial charge in [-0.15, -0.1) is 0 Å². The van der Waals surface area contributed by atoms with Gasteiger partial charge in [0.1, 0.15) is 5.15 Å². The molecule has 2 aromatic rings. The number of halogens is 1. The summed E-state index contributed by atoms with van der Waals surface area (Å²) >= 11 is 6.13. The highest BCUT2D eigenvalue weighted by Gasteiger charge is 2.13. The molecule has 0 saturated heterocycles. The molecule has 2 rings (SSSR count). The summed E-state index contributed by atoms with van der Waals surface area (Å²) in [6, 6.07) is 2.97. The third-order valence-electron chi connectivity index (χ3n) is 2.61. The van der Waals surface area contributed by atoms with Crippen LogP contribution in [0.15, 0.2) is 55.7 Å². The largest absolute Gasteiger partial charge is 0.476 e. The number of hydrogen-bond acceptors (Lipinski definition) is 3. The van der Waals surface area contributed by atoms with E-state index in [-0.39, 0.29) is 10.8 Å². The Morgan fingerprint density at radius 1 is 1.29 bits per heavy atom. The maximum Gasteiger partial charge on any atom is 0.356 e. The fourth-order valence-electron chi connectivity index (χ4n) is 1.72. The van der Waals surface area contributed by atoms with Crippen molar-refractivity contribution in [3.8, 4) is 0 Å². The summed E-state index contributed by atoms with van der Waals surface area (Å²) in [7, 11) is 0. The smallest absolute Gasteiger partial charge is 0.356 e. The predicted molar refractivity (Wildman–Crippen MR) is 82.5 cm³/mol. The number of aromatic carboxylic acids is 1. The molecule has 0 fully saturated rings. The summed E-state index contributed by atoms with van der Waals surface area (Å²) in [5.74, 6) is -1.13. The Morgan fingerprint density at radius 3 is 2.67 bits per heavy atom. The quantitative estimate of drug-likeness (QED) is 0.679. The second-order valence-corrected chi connectivity index (χ2v) is 4.41. The van der Waals surface area contributed by atoms with Crippen molar-refractivity contribution in [1.29, 1.82) is 0 Å². The van der Waals surface area contributed by atoms with Crippen molar-refractivity contribution in [2.45, 2.75) is 0 Å². The van der Waals surface area contributed by atoms with E-state index >= 15 is 0 Å². The number of hydrogen-bond donors (Lipinski definition) is 1. The van der Waals surface area contributed by atoms with E-state index in [2.05, 4.69) is 23.2 Å². The number of allylic oxidation sites excluding steroid dienone is 6. The SMILES string of the molecule is C=C/C=C\C(=C/C=C)c1cc(Cl)n2nc(C(=O)O)cc2n1.